The van der Waals surface area contributed by atoms with Crippen LogP contribution in [0.2, 0.25) is 0 Å². The minimum atomic E-state index is 0.722. The number of ether oxygens (including phenoxy) is 1. The van der Waals surface area contributed by atoms with Gasteiger partial charge in [0.2, 0.25) is 0 Å². The third-order valence-corrected chi connectivity index (χ3v) is 4.42. The van der Waals surface area contributed by atoms with Crippen LogP contribution in [0.1, 0.15) is 5.56 Å². The van der Waals surface area contributed by atoms with E-state index >= 15 is 0 Å². The van der Waals surface area contributed by atoms with Gasteiger partial charge < -0.3 is 10.1 Å². The van der Waals surface area contributed by atoms with Gasteiger partial charge in [-0.2, -0.15) is 0 Å². The highest BCUT2D eigenvalue weighted by molar-refractivity contribution is 5.61. The lowest BCUT2D eigenvalue weighted by Crippen LogP contribution is -2.35. The Balaban J connectivity index is 1.42. The van der Waals surface area contributed by atoms with Gasteiger partial charge in [0.1, 0.15) is 5.82 Å². The van der Waals surface area contributed by atoms with Crippen LogP contribution in [0.4, 0.5) is 11.5 Å². The number of benzene rings is 2. The van der Waals surface area contributed by atoms with Gasteiger partial charge in [0.15, 0.2) is 5.82 Å². The Hall–Kier alpha value is -2.76. The van der Waals surface area contributed by atoms with Gasteiger partial charge in [0.25, 0.3) is 0 Å². The predicted molar refractivity (Wildman–Crippen MR) is 103 cm³/mol. The van der Waals surface area contributed by atoms with E-state index in [4.69, 9.17) is 4.74 Å². The third kappa shape index (κ3) is 4.25. The van der Waals surface area contributed by atoms with Crippen molar-refractivity contribution in [3.63, 3.8) is 0 Å². The number of anilines is 2. The van der Waals surface area contributed by atoms with Crippen molar-refractivity contribution in [2.45, 2.75) is 6.54 Å². The van der Waals surface area contributed by atoms with Crippen LogP contribution in [0, 0.1) is 0 Å². The van der Waals surface area contributed by atoms with Crippen molar-refractivity contribution in [3.8, 4) is 11.4 Å². The van der Waals surface area contributed by atoms with Crippen LogP contribution in [0.5, 0.6) is 0 Å². The van der Waals surface area contributed by atoms with E-state index in [1.54, 1.807) is 6.20 Å². The molecule has 1 N–H and O–H groups in total. The van der Waals surface area contributed by atoms with Crippen LogP contribution in [0.3, 0.4) is 0 Å². The van der Waals surface area contributed by atoms with Crippen molar-refractivity contribution in [3.05, 3.63) is 72.4 Å². The van der Waals surface area contributed by atoms with Gasteiger partial charge in [-0.25, -0.2) is 9.97 Å². The Labute approximate surface area is 153 Å². The zero-order valence-corrected chi connectivity index (χ0v) is 14.6. The van der Waals surface area contributed by atoms with Crippen LogP contribution in [-0.2, 0) is 11.3 Å². The maximum atomic E-state index is 5.40. The molecule has 2 heterocycles. The molecule has 0 radical (unpaired) electrons. The number of nitrogens with one attached hydrogen (secondary N) is 1. The largest absolute Gasteiger partial charge is 0.379 e. The smallest absolute Gasteiger partial charge is 0.161 e. The van der Waals surface area contributed by atoms with Crippen molar-refractivity contribution < 1.29 is 4.74 Å². The summed E-state index contributed by atoms with van der Waals surface area (Å²) in [5, 5.41) is 3.36. The molecule has 0 spiro atoms. The van der Waals surface area contributed by atoms with Gasteiger partial charge in [-0.1, -0.05) is 42.5 Å². The summed E-state index contributed by atoms with van der Waals surface area (Å²) in [6.07, 6.45) is 1.78. The van der Waals surface area contributed by atoms with E-state index in [-0.39, 0.29) is 0 Å². The van der Waals surface area contributed by atoms with Crippen LogP contribution < -0.4 is 5.32 Å². The lowest BCUT2D eigenvalue weighted by Gasteiger charge is -2.26. The summed E-state index contributed by atoms with van der Waals surface area (Å²) < 4.78 is 5.40. The minimum absolute atomic E-state index is 0.722. The van der Waals surface area contributed by atoms with Crippen molar-refractivity contribution in [1.82, 2.24) is 14.9 Å². The maximum Gasteiger partial charge on any atom is 0.161 e. The average Bonchev–Trinajstić information content (AvgIpc) is 2.71. The standard InChI is InChI=1S/C21H22N4O/c1-2-4-18(5-3-1)21-22-11-10-20(24-21)23-19-8-6-17(7-9-19)16-25-12-14-26-15-13-25/h1-11H,12-16H2,(H,22,23,24). The molecular weight excluding hydrogens is 324 g/mol. The second kappa shape index (κ2) is 8.08. The molecule has 0 bridgehead atoms. The SMILES string of the molecule is c1ccc(-c2nccc(Nc3ccc(CN4CCOCC4)cc3)n2)cc1. The minimum Gasteiger partial charge on any atom is -0.379 e. The molecule has 2 aromatic carbocycles. The summed E-state index contributed by atoms with van der Waals surface area (Å²) in [6.45, 7) is 4.63. The first-order chi connectivity index (χ1) is 12.9. The molecule has 5 heteroatoms. The Kier molecular flexibility index (Phi) is 5.19. The zero-order chi connectivity index (χ0) is 17.6. The van der Waals surface area contributed by atoms with Gasteiger partial charge >= 0.3 is 0 Å². The van der Waals surface area contributed by atoms with Crippen molar-refractivity contribution >= 4 is 11.5 Å². The summed E-state index contributed by atoms with van der Waals surface area (Å²) in [5.74, 6) is 1.51. The molecule has 1 aliphatic rings. The molecule has 1 aromatic heterocycles. The van der Waals surface area contributed by atoms with Crippen LogP contribution in [0.25, 0.3) is 11.4 Å². The molecule has 0 atom stereocenters. The van der Waals surface area contributed by atoms with Gasteiger partial charge in [-0.05, 0) is 23.8 Å². The predicted octanol–water partition coefficient (Wildman–Crippen LogP) is 3.72. The fourth-order valence-electron chi connectivity index (χ4n) is 3.01. The van der Waals surface area contributed by atoms with E-state index in [1.165, 1.54) is 5.56 Å². The topological polar surface area (TPSA) is 50.3 Å². The summed E-state index contributed by atoms with van der Waals surface area (Å²) in [7, 11) is 0. The average molecular weight is 346 g/mol. The van der Waals surface area contributed by atoms with Crippen LogP contribution in [-0.4, -0.2) is 41.2 Å². The summed E-state index contributed by atoms with van der Waals surface area (Å²) in [5.41, 5.74) is 3.34. The van der Waals surface area contributed by atoms with E-state index in [0.29, 0.717) is 0 Å². The second-order valence-electron chi connectivity index (χ2n) is 6.34. The zero-order valence-electron chi connectivity index (χ0n) is 14.6. The summed E-state index contributed by atoms with van der Waals surface area (Å²) >= 11 is 0. The highest BCUT2D eigenvalue weighted by Crippen LogP contribution is 2.19. The highest BCUT2D eigenvalue weighted by Gasteiger charge is 2.10. The van der Waals surface area contributed by atoms with Crippen LogP contribution in [0.15, 0.2) is 66.9 Å². The quantitative estimate of drug-likeness (QED) is 0.763. The van der Waals surface area contributed by atoms with Crippen molar-refractivity contribution in [1.29, 1.82) is 0 Å². The van der Waals surface area contributed by atoms with Crippen molar-refractivity contribution in [2.24, 2.45) is 0 Å². The van der Waals surface area contributed by atoms with Gasteiger partial charge in [-0.15, -0.1) is 0 Å². The fourth-order valence-corrected chi connectivity index (χ4v) is 3.01. The molecule has 0 unspecified atom stereocenters. The number of morpholine rings is 1. The second-order valence-corrected chi connectivity index (χ2v) is 6.34. The van der Waals surface area contributed by atoms with Crippen LogP contribution >= 0.6 is 0 Å². The number of hydrogen-bond acceptors (Lipinski definition) is 5. The van der Waals surface area contributed by atoms with E-state index in [0.717, 1.165) is 55.7 Å². The molecular formula is C21H22N4O. The first kappa shape index (κ1) is 16.7. The normalized spacial score (nSPS) is 14.9. The monoisotopic (exact) mass is 346 g/mol. The molecule has 1 aliphatic heterocycles. The van der Waals surface area contributed by atoms with Gasteiger partial charge in [0.05, 0.1) is 13.2 Å². The maximum absolute atomic E-state index is 5.40. The Morgan fingerprint density at radius 1 is 0.923 bits per heavy atom. The highest BCUT2D eigenvalue weighted by atomic mass is 16.5. The lowest BCUT2D eigenvalue weighted by atomic mass is 10.2. The number of hydrogen-bond donors (Lipinski definition) is 1. The lowest BCUT2D eigenvalue weighted by molar-refractivity contribution is 0.0342. The first-order valence-corrected chi connectivity index (χ1v) is 8.91. The first-order valence-electron chi connectivity index (χ1n) is 8.91. The molecule has 0 amide bonds. The number of aromatic nitrogens is 2. The fraction of sp³-hybridized carbons (Fsp3) is 0.238. The molecule has 1 saturated heterocycles. The van der Waals surface area contributed by atoms with E-state index in [9.17, 15) is 0 Å². The van der Waals surface area contributed by atoms with E-state index < -0.39 is 0 Å². The Morgan fingerprint density at radius 2 is 1.69 bits per heavy atom. The third-order valence-electron chi connectivity index (χ3n) is 4.42. The summed E-state index contributed by atoms with van der Waals surface area (Å²) in [4.78, 5) is 11.4. The molecule has 132 valence electrons. The molecule has 4 rings (SSSR count). The molecule has 0 aliphatic carbocycles. The molecule has 5 nitrogen and oxygen atoms in total. The molecule has 0 saturated carbocycles. The Morgan fingerprint density at radius 3 is 2.46 bits per heavy atom. The number of rotatable bonds is 5. The van der Waals surface area contributed by atoms with Gasteiger partial charge in [0, 0.05) is 37.1 Å². The van der Waals surface area contributed by atoms with Gasteiger partial charge in [-0.3, -0.25) is 4.90 Å². The molecule has 3 aromatic rings. The van der Waals surface area contributed by atoms with E-state index in [2.05, 4.69) is 44.5 Å². The molecule has 26 heavy (non-hydrogen) atoms. The van der Waals surface area contributed by atoms with E-state index in [1.807, 2.05) is 36.4 Å². The number of nitrogens with zero attached hydrogens (tertiary/aromatic N) is 3. The molecule has 1 fully saturated rings. The van der Waals surface area contributed by atoms with Crippen molar-refractivity contribution in [2.75, 3.05) is 31.6 Å². The Bertz CT molecular complexity index is 830. The summed E-state index contributed by atoms with van der Waals surface area (Å²) in [6, 6.07) is 20.4.